The van der Waals surface area contributed by atoms with Gasteiger partial charge in [-0.15, -0.1) is 0 Å². The van der Waals surface area contributed by atoms with Gasteiger partial charge in [0.1, 0.15) is 11.5 Å². The van der Waals surface area contributed by atoms with Gasteiger partial charge in [-0.2, -0.15) is 0 Å². The lowest BCUT2D eigenvalue weighted by molar-refractivity contribution is -0.105. The predicted molar refractivity (Wildman–Crippen MR) is 94.2 cm³/mol. The van der Waals surface area contributed by atoms with Crippen LogP contribution >= 0.6 is 0 Å². The third-order valence-electron chi connectivity index (χ3n) is 3.64. The van der Waals surface area contributed by atoms with Crippen molar-refractivity contribution >= 4 is 23.3 Å². The summed E-state index contributed by atoms with van der Waals surface area (Å²) >= 11 is 0. The van der Waals surface area contributed by atoms with Crippen LogP contribution in [0.15, 0.2) is 30.5 Å². The number of nitrogens with one attached hydrogen (secondary N) is 2. The van der Waals surface area contributed by atoms with Gasteiger partial charge in [0.25, 0.3) is 0 Å². The van der Waals surface area contributed by atoms with Crippen molar-refractivity contribution in [3.63, 3.8) is 0 Å². The number of ether oxygens (including phenoxy) is 1. The van der Waals surface area contributed by atoms with Crippen LogP contribution in [-0.4, -0.2) is 28.5 Å². The minimum absolute atomic E-state index is 0.503. The van der Waals surface area contributed by atoms with Gasteiger partial charge >= 0.3 is 0 Å². The van der Waals surface area contributed by atoms with Gasteiger partial charge in [0.2, 0.25) is 12.3 Å². The summed E-state index contributed by atoms with van der Waals surface area (Å²) in [7, 11) is 1.60. The molecule has 3 aromatic heterocycles. The molecular weight excluding hydrogens is 304 g/mol. The Labute approximate surface area is 140 Å². The van der Waals surface area contributed by atoms with E-state index in [0.29, 0.717) is 23.8 Å². The molecule has 0 saturated heterocycles. The van der Waals surface area contributed by atoms with Crippen LogP contribution in [0.4, 0.5) is 5.82 Å². The molecule has 124 valence electrons. The topological polar surface area (TPSA) is 79.9 Å². The molecule has 0 bridgehead atoms. The summed E-state index contributed by atoms with van der Waals surface area (Å²) in [6.07, 6.45) is 6.80. The van der Waals surface area contributed by atoms with Crippen LogP contribution in [0, 0.1) is 6.92 Å². The maximum absolute atomic E-state index is 10.5. The molecule has 2 N–H and O–H groups in total. The maximum Gasteiger partial charge on any atom is 0.221 e. The first-order valence-electron chi connectivity index (χ1n) is 7.93. The SMILES string of the molecule is C1CC1.COc1ncccc1-c1c(C)[nH]c2nc(NC=O)ccc12. The predicted octanol–water partition coefficient (Wildman–Crippen LogP) is 3.68. The Morgan fingerprint density at radius 1 is 1.25 bits per heavy atom. The molecule has 1 aliphatic rings. The van der Waals surface area contributed by atoms with Crippen LogP contribution in [0.3, 0.4) is 0 Å². The number of methoxy groups -OCH3 is 1. The molecule has 3 heterocycles. The summed E-state index contributed by atoms with van der Waals surface area (Å²) in [6, 6.07) is 7.50. The quantitative estimate of drug-likeness (QED) is 0.717. The second kappa shape index (κ2) is 7.12. The lowest BCUT2D eigenvalue weighted by Crippen LogP contribution is -1.96. The molecule has 1 amide bonds. The summed E-state index contributed by atoms with van der Waals surface area (Å²) in [5, 5.41) is 3.50. The number of fused-ring (bicyclic) bond motifs is 1. The van der Waals surface area contributed by atoms with Crippen molar-refractivity contribution < 1.29 is 9.53 Å². The summed E-state index contributed by atoms with van der Waals surface area (Å²) in [6.45, 7) is 1.97. The molecule has 1 aliphatic carbocycles. The first-order chi connectivity index (χ1) is 11.7. The fourth-order valence-corrected chi connectivity index (χ4v) is 2.43. The Hall–Kier alpha value is -2.89. The molecule has 6 nitrogen and oxygen atoms in total. The molecule has 0 unspecified atom stereocenters. The average molecular weight is 324 g/mol. The highest BCUT2D eigenvalue weighted by Gasteiger charge is 2.16. The monoisotopic (exact) mass is 324 g/mol. The van der Waals surface area contributed by atoms with Gasteiger partial charge < -0.3 is 15.0 Å². The number of carbonyl (C=O) groups is 1. The third-order valence-corrected chi connectivity index (χ3v) is 3.64. The Morgan fingerprint density at radius 3 is 2.71 bits per heavy atom. The third kappa shape index (κ3) is 3.37. The molecule has 0 aliphatic heterocycles. The number of carbonyl (C=O) groups excluding carboxylic acids is 1. The van der Waals surface area contributed by atoms with Crippen LogP contribution in [-0.2, 0) is 4.79 Å². The fourth-order valence-electron chi connectivity index (χ4n) is 2.43. The van der Waals surface area contributed by atoms with E-state index in [-0.39, 0.29) is 0 Å². The van der Waals surface area contributed by atoms with Crippen molar-refractivity contribution in [2.45, 2.75) is 26.2 Å². The Balaban J connectivity index is 0.000000508. The number of pyridine rings is 2. The zero-order valence-corrected chi connectivity index (χ0v) is 13.8. The molecule has 4 rings (SSSR count). The van der Waals surface area contributed by atoms with Crippen molar-refractivity contribution in [2.24, 2.45) is 0 Å². The van der Waals surface area contributed by atoms with Gasteiger partial charge in [0, 0.05) is 28.4 Å². The van der Waals surface area contributed by atoms with Crippen LogP contribution < -0.4 is 10.1 Å². The van der Waals surface area contributed by atoms with Gasteiger partial charge in [-0.1, -0.05) is 19.3 Å². The van der Waals surface area contributed by atoms with Gasteiger partial charge in [0.05, 0.1) is 7.11 Å². The van der Waals surface area contributed by atoms with E-state index in [4.69, 9.17) is 4.74 Å². The summed E-state index contributed by atoms with van der Waals surface area (Å²) in [4.78, 5) is 22.3. The maximum atomic E-state index is 10.5. The van der Waals surface area contributed by atoms with Crippen molar-refractivity contribution in [3.8, 4) is 17.0 Å². The Morgan fingerprint density at radius 2 is 2.04 bits per heavy atom. The van der Waals surface area contributed by atoms with Crippen molar-refractivity contribution in [1.29, 1.82) is 0 Å². The average Bonchev–Trinajstić information content (AvgIpc) is 3.44. The molecule has 0 atom stereocenters. The highest BCUT2D eigenvalue weighted by Crippen LogP contribution is 2.36. The van der Waals surface area contributed by atoms with Crippen LogP contribution in [0.1, 0.15) is 25.0 Å². The van der Waals surface area contributed by atoms with Gasteiger partial charge in [-0.25, -0.2) is 9.97 Å². The number of rotatable bonds is 4. The number of hydrogen-bond acceptors (Lipinski definition) is 4. The first kappa shape index (κ1) is 16.0. The number of hydrogen-bond donors (Lipinski definition) is 2. The smallest absolute Gasteiger partial charge is 0.221 e. The Bertz CT molecular complexity index is 853. The largest absolute Gasteiger partial charge is 0.481 e. The van der Waals surface area contributed by atoms with Crippen molar-refractivity contribution in [3.05, 3.63) is 36.2 Å². The number of aromatic nitrogens is 3. The second-order valence-electron chi connectivity index (χ2n) is 5.60. The lowest BCUT2D eigenvalue weighted by Gasteiger charge is -2.07. The fraction of sp³-hybridized carbons (Fsp3) is 0.278. The zero-order chi connectivity index (χ0) is 16.9. The minimum Gasteiger partial charge on any atom is -0.481 e. The van der Waals surface area contributed by atoms with E-state index >= 15 is 0 Å². The van der Waals surface area contributed by atoms with Crippen LogP contribution in [0.25, 0.3) is 22.2 Å². The molecule has 1 fully saturated rings. The second-order valence-corrected chi connectivity index (χ2v) is 5.60. The van der Waals surface area contributed by atoms with E-state index in [1.165, 1.54) is 19.3 Å². The van der Waals surface area contributed by atoms with Gasteiger partial charge in [0.15, 0.2) is 0 Å². The lowest BCUT2D eigenvalue weighted by atomic mass is 10.0. The van der Waals surface area contributed by atoms with E-state index in [2.05, 4.69) is 20.3 Å². The highest BCUT2D eigenvalue weighted by atomic mass is 16.5. The summed E-state index contributed by atoms with van der Waals surface area (Å²) < 4.78 is 5.33. The number of aromatic amines is 1. The van der Waals surface area contributed by atoms with Crippen molar-refractivity contribution in [2.75, 3.05) is 12.4 Å². The van der Waals surface area contributed by atoms with E-state index in [1.807, 2.05) is 25.1 Å². The molecule has 0 radical (unpaired) electrons. The van der Waals surface area contributed by atoms with E-state index in [0.717, 1.165) is 22.2 Å². The molecule has 1 saturated carbocycles. The number of aryl methyl sites for hydroxylation is 1. The number of H-pyrrole nitrogens is 1. The van der Waals surface area contributed by atoms with Crippen molar-refractivity contribution in [1.82, 2.24) is 15.0 Å². The molecule has 24 heavy (non-hydrogen) atoms. The molecular formula is C18H20N4O2. The molecule has 3 aromatic rings. The highest BCUT2D eigenvalue weighted by molar-refractivity contribution is 5.97. The van der Waals surface area contributed by atoms with Gasteiger partial charge in [-0.3, -0.25) is 4.79 Å². The van der Waals surface area contributed by atoms with Crippen LogP contribution in [0.2, 0.25) is 0 Å². The van der Waals surface area contributed by atoms with Gasteiger partial charge in [-0.05, 0) is 31.2 Å². The molecule has 0 spiro atoms. The van der Waals surface area contributed by atoms with E-state index in [1.54, 1.807) is 19.4 Å². The Kier molecular flexibility index (Phi) is 4.74. The number of amides is 1. The minimum atomic E-state index is 0.503. The molecule has 6 heteroatoms. The molecule has 0 aromatic carbocycles. The van der Waals surface area contributed by atoms with Crippen LogP contribution in [0.5, 0.6) is 5.88 Å². The van der Waals surface area contributed by atoms with E-state index < -0.39 is 0 Å². The van der Waals surface area contributed by atoms with E-state index in [9.17, 15) is 4.79 Å². The zero-order valence-electron chi connectivity index (χ0n) is 13.8. The first-order valence-corrected chi connectivity index (χ1v) is 7.93. The summed E-state index contributed by atoms with van der Waals surface area (Å²) in [5.41, 5.74) is 3.58. The standard InChI is InChI=1S/C15H14N4O2.C3H6/c1-9-13(11-4-3-7-16-15(11)21-2)10-5-6-12(17-8-20)19-14(10)18-9;1-2-3-1/h3-8H,1-2H3,(H2,17,18,19,20);1-3H2. The normalized spacial score (nSPS) is 12.2. The number of anilines is 1. The number of nitrogens with zero attached hydrogens (tertiary/aromatic N) is 2. The summed E-state index contributed by atoms with van der Waals surface area (Å²) in [5.74, 6) is 1.07.